The molecule has 0 bridgehead atoms. The number of rotatable bonds is 4. The number of aromatic hydroxyl groups is 1. The Hall–Kier alpha value is -2.79. The molecule has 0 aliphatic rings. The third-order valence-electron chi connectivity index (χ3n) is 4.00. The molecule has 0 amide bonds. The summed E-state index contributed by atoms with van der Waals surface area (Å²) in [6.45, 7) is 3.67. The van der Waals surface area contributed by atoms with Crippen molar-refractivity contribution in [2.24, 2.45) is 0 Å². The highest BCUT2D eigenvalue weighted by atomic mass is 16.4. The largest absolute Gasteiger partial charge is 0.502 e. The fourth-order valence-corrected chi connectivity index (χ4v) is 2.79. The Morgan fingerprint density at radius 2 is 2.12 bits per heavy atom. The first kappa shape index (κ1) is 16.1. The lowest BCUT2D eigenvalue weighted by molar-refractivity contribution is 0.242. The molecular formula is C19H19NO4. The molecule has 0 saturated carbocycles. The van der Waals surface area contributed by atoms with Gasteiger partial charge >= 0.3 is 0 Å². The van der Waals surface area contributed by atoms with Gasteiger partial charge in [0.05, 0.1) is 5.56 Å². The van der Waals surface area contributed by atoms with Crippen LogP contribution in [0.3, 0.4) is 0 Å². The van der Waals surface area contributed by atoms with E-state index in [-0.39, 0.29) is 11.3 Å². The van der Waals surface area contributed by atoms with Gasteiger partial charge in [0.1, 0.15) is 18.6 Å². The van der Waals surface area contributed by atoms with Crippen molar-refractivity contribution in [3.05, 3.63) is 63.9 Å². The molecule has 0 radical (unpaired) electrons. The zero-order chi connectivity index (χ0) is 17.3. The van der Waals surface area contributed by atoms with Gasteiger partial charge in [-0.15, -0.1) is 0 Å². The number of aromatic nitrogens is 1. The van der Waals surface area contributed by atoms with E-state index in [9.17, 15) is 15.0 Å². The standard InChI is InChI=1S/C19H19NO4/c1-11(2)6-7-12-4-3-5-13-14(8-20-18(12)13)17-16(9-21)24-10-15(22)19(17)23/h3-6,8,10,20-22H,7,9H2,1-2H3. The van der Waals surface area contributed by atoms with Gasteiger partial charge in [-0.1, -0.05) is 29.8 Å². The number of para-hydroxylation sites is 1. The summed E-state index contributed by atoms with van der Waals surface area (Å²) >= 11 is 0. The summed E-state index contributed by atoms with van der Waals surface area (Å²) in [6.07, 6.45) is 5.58. The minimum Gasteiger partial charge on any atom is -0.502 e. The summed E-state index contributed by atoms with van der Waals surface area (Å²) < 4.78 is 5.18. The lowest BCUT2D eigenvalue weighted by Crippen LogP contribution is -2.07. The molecule has 0 fully saturated rings. The van der Waals surface area contributed by atoms with E-state index in [1.54, 1.807) is 6.20 Å². The molecule has 124 valence electrons. The normalized spacial score (nSPS) is 11.0. The summed E-state index contributed by atoms with van der Waals surface area (Å²) in [7, 11) is 0. The van der Waals surface area contributed by atoms with Gasteiger partial charge < -0.3 is 19.6 Å². The predicted octanol–water partition coefficient (Wildman–Crippen LogP) is 3.49. The van der Waals surface area contributed by atoms with Crippen LogP contribution >= 0.6 is 0 Å². The number of benzene rings is 1. The highest BCUT2D eigenvalue weighted by molar-refractivity contribution is 5.97. The van der Waals surface area contributed by atoms with E-state index in [0.717, 1.165) is 29.2 Å². The third kappa shape index (κ3) is 2.74. The summed E-state index contributed by atoms with van der Waals surface area (Å²) in [6, 6.07) is 5.86. The second-order valence-electron chi connectivity index (χ2n) is 5.93. The van der Waals surface area contributed by atoms with Crippen molar-refractivity contribution >= 4 is 10.9 Å². The molecule has 2 aromatic heterocycles. The lowest BCUT2D eigenvalue weighted by atomic mass is 10.0. The molecule has 0 unspecified atom stereocenters. The quantitative estimate of drug-likeness (QED) is 0.641. The van der Waals surface area contributed by atoms with Gasteiger partial charge in [0.2, 0.25) is 5.43 Å². The molecule has 5 heteroatoms. The second-order valence-corrected chi connectivity index (χ2v) is 5.93. The smallest absolute Gasteiger partial charge is 0.234 e. The maximum absolute atomic E-state index is 12.3. The van der Waals surface area contributed by atoms with Crippen LogP contribution in [0.5, 0.6) is 5.75 Å². The lowest BCUT2D eigenvalue weighted by Gasteiger charge is -2.06. The van der Waals surface area contributed by atoms with Crippen molar-refractivity contribution in [1.82, 2.24) is 4.98 Å². The van der Waals surface area contributed by atoms with Crippen molar-refractivity contribution in [1.29, 1.82) is 0 Å². The number of hydrogen-bond acceptors (Lipinski definition) is 4. The molecule has 0 atom stereocenters. The van der Waals surface area contributed by atoms with E-state index in [1.807, 2.05) is 32.0 Å². The van der Waals surface area contributed by atoms with Gasteiger partial charge in [-0.05, 0) is 25.8 Å². The van der Waals surface area contributed by atoms with E-state index in [1.165, 1.54) is 5.57 Å². The second kappa shape index (κ2) is 6.37. The molecule has 0 aliphatic heterocycles. The van der Waals surface area contributed by atoms with Gasteiger partial charge in [0, 0.05) is 22.7 Å². The van der Waals surface area contributed by atoms with Crippen molar-refractivity contribution in [3.8, 4) is 16.9 Å². The molecule has 5 nitrogen and oxygen atoms in total. The number of nitrogens with one attached hydrogen (secondary N) is 1. The van der Waals surface area contributed by atoms with E-state index < -0.39 is 17.8 Å². The Kier molecular flexibility index (Phi) is 4.27. The van der Waals surface area contributed by atoms with Gasteiger partial charge in [0.25, 0.3) is 0 Å². The number of aliphatic hydroxyl groups excluding tert-OH is 1. The zero-order valence-electron chi connectivity index (χ0n) is 13.6. The molecule has 2 heterocycles. The highest BCUT2D eigenvalue weighted by Crippen LogP contribution is 2.32. The van der Waals surface area contributed by atoms with Crippen LogP contribution in [0.2, 0.25) is 0 Å². The molecule has 0 saturated heterocycles. The summed E-state index contributed by atoms with van der Waals surface area (Å²) in [5, 5.41) is 20.0. The van der Waals surface area contributed by atoms with Crippen LogP contribution in [0.1, 0.15) is 25.2 Å². The summed E-state index contributed by atoms with van der Waals surface area (Å²) in [4.78, 5) is 15.5. The molecule has 24 heavy (non-hydrogen) atoms. The van der Waals surface area contributed by atoms with Crippen LogP contribution in [0.15, 0.2) is 51.5 Å². The van der Waals surface area contributed by atoms with Crippen LogP contribution in [-0.2, 0) is 13.0 Å². The van der Waals surface area contributed by atoms with E-state index >= 15 is 0 Å². The Morgan fingerprint density at radius 3 is 2.83 bits per heavy atom. The summed E-state index contributed by atoms with van der Waals surface area (Å²) in [5.41, 5.74) is 3.50. The Balaban J connectivity index is 2.23. The fraction of sp³-hybridized carbons (Fsp3) is 0.211. The average molecular weight is 325 g/mol. The Morgan fingerprint density at radius 1 is 1.33 bits per heavy atom. The topological polar surface area (TPSA) is 86.5 Å². The minimum absolute atomic E-state index is 0.133. The van der Waals surface area contributed by atoms with Crippen molar-refractivity contribution in [2.45, 2.75) is 26.9 Å². The monoisotopic (exact) mass is 325 g/mol. The number of aromatic amines is 1. The van der Waals surface area contributed by atoms with E-state index in [0.29, 0.717) is 5.56 Å². The highest BCUT2D eigenvalue weighted by Gasteiger charge is 2.18. The number of fused-ring (bicyclic) bond motifs is 1. The van der Waals surface area contributed by atoms with E-state index in [4.69, 9.17) is 4.42 Å². The average Bonchev–Trinajstić information content (AvgIpc) is 2.99. The number of H-pyrrole nitrogens is 1. The SMILES string of the molecule is CC(C)=CCc1cccc2c(-c3c(CO)occ(O)c3=O)c[nH]c12. The molecule has 1 aromatic carbocycles. The molecule has 0 spiro atoms. The Labute approximate surface area is 138 Å². The number of aliphatic hydroxyl groups is 1. The molecule has 3 rings (SSSR count). The minimum atomic E-state index is -0.555. The van der Waals surface area contributed by atoms with Crippen LogP contribution in [-0.4, -0.2) is 15.2 Å². The predicted molar refractivity (Wildman–Crippen MR) is 93.0 cm³/mol. The van der Waals surface area contributed by atoms with Crippen molar-refractivity contribution in [3.63, 3.8) is 0 Å². The zero-order valence-corrected chi connectivity index (χ0v) is 13.6. The first-order valence-electron chi connectivity index (χ1n) is 7.70. The van der Waals surface area contributed by atoms with Crippen molar-refractivity contribution < 1.29 is 14.6 Å². The fourth-order valence-electron chi connectivity index (χ4n) is 2.79. The van der Waals surface area contributed by atoms with Gasteiger partial charge in [-0.2, -0.15) is 0 Å². The van der Waals surface area contributed by atoms with Crippen molar-refractivity contribution in [2.75, 3.05) is 0 Å². The van der Waals surface area contributed by atoms with Gasteiger partial charge in [-0.3, -0.25) is 4.79 Å². The first-order valence-corrected chi connectivity index (χ1v) is 7.70. The number of hydrogen-bond donors (Lipinski definition) is 3. The summed E-state index contributed by atoms with van der Waals surface area (Å²) in [5.74, 6) is -0.342. The maximum Gasteiger partial charge on any atom is 0.234 e. The maximum atomic E-state index is 12.3. The van der Waals surface area contributed by atoms with Crippen LogP contribution in [0.4, 0.5) is 0 Å². The van der Waals surface area contributed by atoms with Gasteiger partial charge in [0.15, 0.2) is 5.75 Å². The molecule has 3 N–H and O–H groups in total. The van der Waals surface area contributed by atoms with Crippen LogP contribution in [0.25, 0.3) is 22.0 Å². The van der Waals surface area contributed by atoms with Gasteiger partial charge in [-0.25, -0.2) is 0 Å². The molecule has 3 aromatic rings. The molecule has 0 aliphatic carbocycles. The van der Waals surface area contributed by atoms with Crippen LogP contribution in [0, 0.1) is 0 Å². The Bertz CT molecular complexity index is 975. The first-order chi connectivity index (χ1) is 11.5. The number of allylic oxidation sites excluding steroid dienone is 2. The molecular weight excluding hydrogens is 306 g/mol. The third-order valence-corrected chi connectivity index (χ3v) is 4.00. The van der Waals surface area contributed by atoms with E-state index in [2.05, 4.69) is 11.1 Å². The van der Waals surface area contributed by atoms with Crippen LogP contribution < -0.4 is 5.43 Å².